The van der Waals surface area contributed by atoms with Gasteiger partial charge in [-0.1, -0.05) is 28.1 Å². The van der Waals surface area contributed by atoms with E-state index in [1.807, 2.05) is 29.6 Å². The summed E-state index contributed by atoms with van der Waals surface area (Å²) in [6.45, 7) is 0. The number of hydrazone groups is 1. The van der Waals surface area contributed by atoms with Crippen molar-refractivity contribution in [1.82, 2.24) is 10.4 Å². The van der Waals surface area contributed by atoms with Crippen molar-refractivity contribution in [2.24, 2.45) is 10.8 Å². The standard InChI is InChI=1S/C11H9BrN4S2/c12-8-3-1-7(2-4-8)10-15-9(6-18-10)5-14-16-11(13)17/h1-6H,(H3,13,16,17). The van der Waals surface area contributed by atoms with Crippen LogP contribution in [0.3, 0.4) is 0 Å². The predicted octanol–water partition coefficient (Wildman–Crippen LogP) is 2.74. The first kappa shape index (κ1) is 13.1. The van der Waals surface area contributed by atoms with E-state index in [1.54, 1.807) is 17.6 Å². The Balaban J connectivity index is 2.12. The number of rotatable bonds is 3. The Morgan fingerprint density at radius 2 is 2.17 bits per heavy atom. The number of nitrogens with two attached hydrogens (primary N) is 1. The highest BCUT2D eigenvalue weighted by Gasteiger charge is 2.03. The van der Waals surface area contributed by atoms with E-state index >= 15 is 0 Å². The van der Waals surface area contributed by atoms with E-state index in [0.717, 1.165) is 20.7 Å². The van der Waals surface area contributed by atoms with Gasteiger partial charge in [-0.2, -0.15) is 5.10 Å². The first-order chi connectivity index (χ1) is 8.65. The maximum atomic E-state index is 5.25. The molecule has 0 fully saturated rings. The summed E-state index contributed by atoms with van der Waals surface area (Å²) in [6.07, 6.45) is 1.58. The molecule has 0 aliphatic heterocycles. The maximum Gasteiger partial charge on any atom is 0.184 e. The molecule has 0 amide bonds. The Bertz CT molecular complexity index is 577. The Morgan fingerprint density at radius 3 is 2.83 bits per heavy atom. The number of thiazole rings is 1. The lowest BCUT2D eigenvalue weighted by Crippen LogP contribution is -2.24. The van der Waals surface area contributed by atoms with Gasteiger partial charge in [-0.15, -0.1) is 11.3 Å². The van der Waals surface area contributed by atoms with Gasteiger partial charge >= 0.3 is 0 Å². The summed E-state index contributed by atoms with van der Waals surface area (Å²) in [5.74, 6) is 0. The third-order valence-electron chi connectivity index (χ3n) is 1.98. The molecule has 0 spiro atoms. The van der Waals surface area contributed by atoms with Gasteiger partial charge in [0.25, 0.3) is 0 Å². The lowest BCUT2D eigenvalue weighted by molar-refractivity contribution is 1.04. The topological polar surface area (TPSA) is 63.3 Å². The second-order valence-corrected chi connectivity index (χ2v) is 5.53. The van der Waals surface area contributed by atoms with Gasteiger partial charge in [-0.05, 0) is 24.4 Å². The van der Waals surface area contributed by atoms with Crippen molar-refractivity contribution >= 4 is 50.8 Å². The molecule has 0 atom stereocenters. The summed E-state index contributed by atoms with van der Waals surface area (Å²) in [7, 11) is 0. The molecule has 0 saturated heterocycles. The van der Waals surface area contributed by atoms with Crippen LogP contribution in [0.5, 0.6) is 0 Å². The van der Waals surface area contributed by atoms with E-state index in [1.165, 1.54) is 0 Å². The SMILES string of the molecule is NC(=S)NN=Cc1csc(-c2ccc(Br)cc2)n1. The average molecular weight is 341 g/mol. The highest BCUT2D eigenvalue weighted by atomic mass is 79.9. The molecule has 18 heavy (non-hydrogen) atoms. The van der Waals surface area contributed by atoms with Crippen LogP contribution in [0.1, 0.15) is 5.69 Å². The number of halogens is 1. The van der Waals surface area contributed by atoms with Crippen molar-refractivity contribution in [3.63, 3.8) is 0 Å². The fourth-order valence-electron chi connectivity index (χ4n) is 1.23. The summed E-state index contributed by atoms with van der Waals surface area (Å²) >= 11 is 9.59. The zero-order valence-corrected chi connectivity index (χ0v) is 12.3. The number of hydrogen-bond donors (Lipinski definition) is 2. The van der Waals surface area contributed by atoms with Crippen molar-refractivity contribution in [2.75, 3.05) is 0 Å². The third-order valence-corrected chi connectivity index (χ3v) is 3.51. The van der Waals surface area contributed by atoms with E-state index in [-0.39, 0.29) is 5.11 Å². The molecule has 0 unspecified atom stereocenters. The Labute approximate surface area is 122 Å². The van der Waals surface area contributed by atoms with Crippen molar-refractivity contribution in [3.05, 3.63) is 39.8 Å². The average Bonchev–Trinajstić information content (AvgIpc) is 2.78. The number of thiocarbonyl (C=S) groups is 1. The molecule has 7 heteroatoms. The van der Waals surface area contributed by atoms with Crippen molar-refractivity contribution in [3.8, 4) is 10.6 Å². The first-order valence-corrected chi connectivity index (χ1v) is 7.03. The molecular formula is C11H9BrN4S2. The van der Waals surface area contributed by atoms with Gasteiger partial charge in [0.2, 0.25) is 0 Å². The molecule has 2 rings (SSSR count). The van der Waals surface area contributed by atoms with Crippen LogP contribution < -0.4 is 11.2 Å². The molecule has 0 saturated carbocycles. The van der Waals surface area contributed by atoms with Crippen LogP contribution in [0, 0.1) is 0 Å². The van der Waals surface area contributed by atoms with Gasteiger partial charge < -0.3 is 5.73 Å². The van der Waals surface area contributed by atoms with Gasteiger partial charge in [0.1, 0.15) is 5.01 Å². The zero-order chi connectivity index (χ0) is 13.0. The quantitative estimate of drug-likeness (QED) is 0.512. The minimum Gasteiger partial charge on any atom is -0.375 e. The lowest BCUT2D eigenvalue weighted by atomic mass is 10.2. The summed E-state index contributed by atoms with van der Waals surface area (Å²) in [6, 6.07) is 7.99. The monoisotopic (exact) mass is 340 g/mol. The molecule has 1 aromatic carbocycles. The highest BCUT2D eigenvalue weighted by Crippen LogP contribution is 2.24. The van der Waals surface area contributed by atoms with Gasteiger partial charge in [-0.25, -0.2) is 4.98 Å². The largest absolute Gasteiger partial charge is 0.375 e. The van der Waals surface area contributed by atoms with Crippen LogP contribution in [0.4, 0.5) is 0 Å². The summed E-state index contributed by atoms with van der Waals surface area (Å²) in [5.41, 5.74) is 9.58. The van der Waals surface area contributed by atoms with Crippen LogP contribution in [-0.4, -0.2) is 16.3 Å². The molecule has 92 valence electrons. The van der Waals surface area contributed by atoms with Crippen LogP contribution in [-0.2, 0) is 0 Å². The molecule has 0 aliphatic rings. The molecule has 2 aromatic rings. The molecular weight excluding hydrogens is 332 g/mol. The van der Waals surface area contributed by atoms with E-state index < -0.39 is 0 Å². The molecule has 1 heterocycles. The third kappa shape index (κ3) is 3.59. The zero-order valence-electron chi connectivity index (χ0n) is 9.13. The van der Waals surface area contributed by atoms with Gasteiger partial charge in [-0.3, -0.25) is 5.43 Å². The molecule has 0 radical (unpaired) electrons. The van der Waals surface area contributed by atoms with Gasteiger partial charge in [0.05, 0.1) is 11.9 Å². The van der Waals surface area contributed by atoms with Crippen LogP contribution in [0.15, 0.2) is 39.2 Å². The molecule has 0 bridgehead atoms. The number of benzene rings is 1. The smallest absolute Gasteiger partial charge is 0.184 e. The molecule has 0 aliphatic carbocycles. The Morgan fingerprint density at radius 1 is 1.44 bits per heavy atom. The van der Waals surface area contributed by atoms with E-state index in [9.17, 15) is 0 Å². The van der Waals surface area contributed by atoms with Gasteiger partial charge in [0, 0.05) is 15.4 Å². The van der Waals surface area contributed by atoms with Crippen LogP contribution in [0.25, 0.3) is 10.6 Å². The number of nitrogens with one attached hydrogen (secondary N) is 1. The van der Waals surface area contributed by atoms with E-state index in [0.29, 0.717) is 0 Å². The van der Waals surface area contributed by atoms with Crippen LogP contribution >= 0.6 is 39.5 Å². The van der Waals surface area contributed by atoms with Crippen molar-refractivity contribution < 1.29 is 0 Å². The lowest BCUT2D eigenvalue weighted by Gasteiger charge is -1.95. The number of aromatic nitrogens is 1. The van der Waals surface area contributed by atoms with Crippen molar-refractivity contribution in [2.45, 2.75) is 0 Å². The van der Waals surface area contributed by atoms with Gasteiger partial charge in [0.15, 0.2) is 5.11 Å². The van der Waals surface area contributed by atoms with E-state index in [2.05, 4.69) is 43.7 Å². The molecule has 1 aromatic heterocycles. The number of nitrogens with zero attached hydrogens (tertiary/aromatic N) is 2. The molecule has 3 N–H and O–H groups in total. The second-order valence-electron chi connectivity index (χ2n) is 3.32. The normalized spacial score (nSPS) is 10.7. The summed E-state index contributed by atoms with van der Waals surface area (Å²) in [5, 5.41) is 6.85. The fraction of sp³-hybridized carbons (Fsp3) is 0. The second kappa shape index (κ2) is 6.03. The summed E-state index contributed by atoms with van der Waals surface area (Å²) in [4.78, 5) is 4.44. The first-order valence-electron chi connectivity index (χ1n) is 4.95. The minimum absolute atomic E-state index is 0.134. The Hall–Kier alpha value is -1.31. The molecule has 4 nitrogen and oxygen atoms in total. The van der Waals surface area contributed by atoms with Crippen LogP contribution in [0.2, 0.25) is 0 Å². The Kier molecular flexibility index (Phi) is 4.40. The summed E-state index contributed by atoms with van der Waals surface area (Å²) < 4.78 is 1.05. The van der Waals surface area contributed by atoms with E-state index in [4.69, 9.17) is 5.73 Å². The number of hydrogen-bond acceptors (Lipinski definition) is 4. The maximum absolute atomic E-state index is 5.25. The highest BCUT2D eigenvalue weighted by molar-refractivity contribution is 9.10. The minimum atomic E-state index is 0.134. The fourth-order valence-corrected chi connectivity index (χ4v) is 2.33. The predicted molar refractivity (Wildman–Crippen MR) is 82.8 cm³/mol. The van der Waals surface area contributed by atoms with Crippen molar-refractivity contribution in [1.29, 1.82) is 0 Å².